The number of benzene rings is 1. The number of halogens is 2. The van der Waals surface area contributed by atoms with Crippen molar-refractivity contribution in [3.8, 4) is 0 Å². The summed E-state index contributed by atoms with van der Waals surface area (Å²) in [5.41, 5.74) is 0.937. The van der Waals surface area contributed by atoms with Crippen LogP contribution in [0.4, 0.5) is 9.39 Å². The average Bonchev–Trinajstić information content (AvgIpc) is 3.31. The number of hydrogen-bond acceptors (Lipinski definition) is 3. The molecule has 1 saturated carbocycles. The first kappa shape index (κ1) is 17.1. The maximum atomic E-state index is 13.2. The minimum absolute atomic E-state index is 0.0331. The van der Waals surface area contributed by atoms with Gasteiger partial charge in [-0.2, -0.15) is 0 Å². The van der Waals surface area contributed by atoms with Gasteiger partial charge in [-0.15, -0.1) is 11.3 Å². The molecule has 1 aliphatic carbocycles. The van der Waals surface area contributed by atoms with E-state index in [1.54, 1.807) is 24.3 Å². The minimum atomic E-state index is -0.304. The van der Waals surface area contributed by atoms with Crippen molar-refractivity contribution in [2.45, 2.75) is 19.3 Å². The van der Waals surface area contributed by atoms with Gasteiger partial charge < -0.3 is 10.6 Å². The number of thiophene rings is 1. The van der Waals surface area contributed by atoms with Crippen molar-refractivity contribution in [3.63, 3.8) is 0 Å². The SMILES string of the molecule is O=C(NCCc1ccc(F)c(Br)c1)c1ccc(NC(=O)C2CC2)s1. The Balaban J connectivity index is 1.48. The summed E-state index contributed by atoms with van der Waals surface area (Å²) in [6, 6.07) is 8.25. The zero-order valence-corrected chi connectivity index (χ0v) is 15.2. The Hall–Kier alpha value is -1.73. The Morgan fingerprint density at radius 2 is 2.04 bits per heavy atom. The van der Waals surface area contributed by atoms with Crippen LogP contribution >= 0.6 is 27.3 Å². The predicted octanol–water partition coefficient (Wildman–Crippen LogP) is 3.97. The largest absolute Gasteiger partial charge is 0.351 e. The van der Waals surface area contributed by atoms with Gasteiger partial charge in [0.15, 0.2) is 0 Å². The molecule has 2 amide bonds. The van der Waals surface area contributed by atoms with E-state index in [9.17, 15) is 14.0 Å². The predicted molar refractivity (Wildman–Crippen MR) is 95.8 cm³/mol. The maximum absolute atomic E-state index is 13.2. The van der Waals surface area contributed by atoms with Gasteiger partial charge in [0.2, 0.25) is 5.91 Å². The molecule has 3 rings (SSSR count). The van der Waals surface area contributed by atoms with Gasteiger partial charge in [-0.3, -0.25) is 9.59 Å². The highest BCUT2D eigenvalue weighted by atomic mass is 79.9. The standard InChI is InChI=1S/C17H16BrFN2O2S/c18-12-9-10(1-4-13(12)19)7-8-20-17(23)14-5-6-15(24-14)21-16(22)11-2-3-11/h1,4-6,9,11H,2-3,7-8H2,(H,20,23)(H,21,22). The number of amides is 2. The molecule has 2 N–H and O–H groups in total. The second kappa shape index (κ2) is 7.44. The second-order valence-electron chi connectivity index (χ2n) is 5.68. The molecule has 0 radical (unpaired) electrons. The number of carbonyl (C=O) groups excluding carboxylic acids is 2. The van der Waals surface area contributed by atoms with Crippen LogP contribution in [-0.2, 0) is 11.2 Å². The van der Waals surface area contributed by atoms with Gasteiger partial charge in [0.1, 0.15) is 5.82 Å². The molecule has 0 saturated heterocycles. The highest BCUT2D eigenvalue weighted by molar-refractivity contribution is 9.10. The molecule has 1 aliphatic rings. The Kier molecular flexibility index (Phi) is 5.30. The van der Waals surface area contributed by atoms with E-state index in [0.29, 0.717) is 27.3 Å². The van der Waals surface area contributed by atoms with Gasteiger partial charge in [0, 0.05) is 12.5 Å². The fourth-order valence-corrected chi connectivity index (χ4v) is 3.45. The Morgan fingerprint density at radius 3 is 2.75 bits per heavy atom. The number of carbonyl (C=O) groups is 2. The number of anilines is 1. The molecular weight excluding hydrogens is 395 g/mol. The van der Waals surface area contributed by atoms with Gasteiger partial charge in [-0.1, -0.05) is 6.07 Å². The topological polar surface area (TPSA) is 58.2 Å². The van der Waals surface area contributed by atoms with Crippen molar-refractivity contribution in [3.05, 3.63) is 51.1 Å². The van der Waals surface area contributed by atoms with Crippen LogP contribution in [0.1, 0.15) is 28.1 Å². The molecule has 0 atom stereocenters. The van der Waals surface area contributed by atoms with E-state index in [4.69, 9.17) is 0 Å². The lowest BCUT2D eigenvalue weighted by molar-refractivity contribution is -0.117. The monoisotopic (exact) mass is 410 g/mol. The van der Waals surface area contributed by atoms with E-state index in [1.165, 1.54) is 17.4 Å². The van der Waals surface area contributed by atoms with Crippen molar-refractivity contribution < 1.29 is 14.0 Å². The quantitative estimate of drug-likeness (QED) is 0.756. The molecule has 1 heterocycles. The zero-order chi connectivity index (χ0) is 17.1. The first-order valence-electron chi connectivity index (χ1n) is 7.66. The van der Waals surface area contributed by atoms with E-state index >= 15 is 0 Å². The third-order valence-corrected chi connectivity index (χ3v) is 5.31. The fraction of sp³-hybridized carbons (Fsp3) is 0.294. The van der Waals surface area contributed by atoms with E-state index in [-0.39, 0.29) is 23.5 Å². The van der Waals surface area contributed by atoms with Crippen LogP contribution in [0.3, 0.4) is 0 Å². The summed E-state index contributed by atoms with van der Waals surface area (Å²) in [4.78, 5) is 24.4. The van der Waals surface area contributed by atoms with Crippen LogP contribution < -0.4 is 10.6 Å². The lowest BCUT2D eigenvalue weighted by Gasteiger charge is -2.05. The molecule has 1 fully saturated rings. The second-order valence-corrected chi connectivity index (χ2v) is 7.62. The van der Waals surface area contributed by atoms with Crippen LogP contribution in [0, 0.1) is 11.7 Å². The van der Waals surface area contributed by atoms with Gasteiger partial charge in [-0.05, 0) is 65.0 Å². The third-order valence-electron chi connectivity index (χ3n) is 3.71. The third kappa shape index (κ3) is 4.42. The number of nitrogens with one attached hydrogen (secondary N) is 2. The normalized spacial score (nSPS) is 13.6. The molecule has 0 aliphatic heterocycles. The minimum Gasteiger partial charge on any atom is -0.351 e. The van der Waals surface area contributed by atoms with Crippen LogP contribution in [-0.4, -0.2) is 18.4 Å². The highest BCUT2D eigenvalue weighted by Crippen LogP contribution is 2.31. The molecule has 1 aromatic carbocycles. The highest BCUT2D eigenvalue weighted by Gasteiger charge is 2.29. The summed E-state index contributed by atoms with van der Waals surface area (Å²) in [5.74, 6) is -0.305. The molecule has 0 unspecified atom stereocenters. The summed E-state index contributed by atoms with van der Waals surface area (Å²) in [6.07, 6.45) is 2.51. The molecule has 0 bridgehead atoms. The Morgan fingerprint density at radius 1 is 1.25 bits per heavy atom. The average molecular weight is 411 g/mol. The van der Waals surface area contributed by atoms with Crippen LogP contribution in [0.25, 0.3) is 0 Å². The van der Waals surface area contributed by atoms with Gasteiger partial charge >= 0.3 is 0 Å². The zero-order valence-electron chi connectivity index (χ0n) is 12.8. The summed E-state index contributed by atoms with van der Waals surface area (Å²) in [7, 11) is 0. The van der Waals surface area contributed by atoms with Crippen molar-refractivity contribution in [2.75, 3.05) is 11.9 Å². The van der Waals surface area contributed by atoms with E-state index < -0.39 is 0 Å². The Bertz CT molecular complexity index is 774. The lowest BCUT2D eigenvalue weighted by Crippen LogP contribution is -2.24. The maximum Gasteiger partial charge on any atom is 0.261 e. The summed E-state index contributed by atoms with van der Waals surface area (Å²) < 4.78 is 13.6. The molecule has 24 heavy (non-hydrogen) atoms. The lowest BCUT2D eigenvalue weighted by atomic mass is 10.1. The van der Waals surface area contributed by atoms with Crippen molar-refractivity contribution in [2.24, 2.45) is 5.92 Å². The molecular formula is C17H16BrFN2O2S. The number of hydrogen-bond donors (Lipinski definition) is 2. The van der Waals surface area contributed by atoms with Crippen molar-refractivity contribution in [1.29, 1.82) is 0 Å². The molecule has 2 aromatic rings. The molecule has 0 spiro atoms. The smallest absolute Gasteiger partial charge is 0.261 e. The van der Waals surface area contributed by atoms with Gasteiger partial charge in [-0.25, -0.2) is 4.39 Å². The summed E-state index contributed by atoms with van der Waals surface area (Å²) in [6.45, 7) is 0.457. The van der Waals surface area contributed by atoms with Crippen LogP contribution in [0.15, 0.2) is 34.8 Å². The Labute approximate surface area is 151 Å². The summed E-state index contributed by atoms with van der Waals surface area (Å²) in [5, 5.41) is 6.36. The first-order valence-corrected chi connectivity index (χ1v) is 9.26. The van der Waals surface area contributed by atoms with Gasteiger partial charge in [0.05, 0.1) is 14.4 Å². The van der Waals surface area contributed by atoms with E-state index in [2.05, 4.69) is 26.6 Å². The molecule has 7 heteroatoms. The van der Waals surface area contributed by atoms with Crippen LogP contribution in [0.5, 0.6) is 0 Å². The molecule has 1 aromatic heterocycles. The molecule has 4 nitrogen and oxygen atoms in total. The molecule has 126 valence electrons. The van der Waals surface area contributed by atoms with E-state index in [1.807, 2.05) is 0 Å². The van der Waals surface area contributed by atoms with E-state index in [0.717, 1.165) is 18.4 Å². The van der Waals surface area contributed by atoms with Crippen molar-refractivity contribution in [1.82, 2.24) is 5.32 Å². The van der Waals surface area contributed by atoms with Crippen molar-refractivity contribution >= 4 is 44.1 Å². The van der Waals surface area contributed by atoms with Gasteiger partial charge in [0.25, 0.3) is 5.91 Å². The summed E-state index contributed by atoms with van der Waals surface area (Å²) >= 11 is 4.41. The fourth-order valence-electron chi connectivity index (χ4n) is 2.20. The van der Waals surface area contributed by atoms with Crippen LogP contribution in [0.2, 0.25) is 0 Å². The first-order chi connectivity index (χ1) is 11.5. The number of rotatable bonds is 6.